The first kappa shape index (κ1) is 29.1. The van der Waals surface area contributed by atoms with E-state index in [4.69, 9.17) is 9.72 Å². The zero-order valence-electron chi connectivity index (χ0n) is 24.6. The highest BCUT2D eigenvalue weighted by Gasteiger charge is 2.28. The minimum absolute atomic E-state index is 0.183. The third-order valence-electron chi connectivity index (χ3n) is 7.68. The van der Waals surface area contributed by atoms with Gasteiger partial charge < -0.3 is 19.9 Å². The molecule has 0 saturated heterocycles. The number of anilines is 3. The van der Waals surface area contributed by atoms with Gasteiger partial charge in [-0.25, -0.2) is 9.37 Å². The highest BCUT2D eigenvalue weighted by molar-refractivity contribution is 7.17. The molecule has 2 amide bonds. The third-order valence-corrected chi connectivity index (χ3v) is 8.89. The molecule has 5 aromatic rings. The Labute approximate surface area is 259 Å². The molecule has 0 atom stereocenters. The number of hydrogen-bond acceptors (Lipinski definition) is 6. The Hall–Kier alpha value is -5.02. The number of carbonyl (C=O) groups excluding carboxylic acids is 2. The Morgan fingerprint density at radius 2 is 1.82 bits per heavy atom. The third kappa shape index (κ3) is 5.78. The number of rotatable bonds is 7. The Morgan fingerprint density at radius 3 is 2.64 bits per heavy atom. The average molecular weight is 607 g/mol. The normalized spacial score (nSPS) is 12.1. The van der Waals surface area contributed by atoms with Crippen molar-refractivity contribution in [3.05, 3.63) is 124 Å². The summed E-state index contributed by atoms with van der Waals surface area (Å²) in [6, 6.07) is 27.6. The van der Waals surface area contributed by atoms with Gasteiger partial charge in [0.1, 0.15) is 23.1 Å². The molecule has 0 aliphatic carbocycles. The van der Waals surface area contributed by atoms with Crippen molar-refractivity contribution in [3.63, 3.8) is 0 Å². The van der Waals surface area contributed by atoms with Gasteiger partial charge in [-0.3, -0.25) is 9.59 Å². The Kier molecular flexibility index (Phi) is 8.13. The molecule has 1 aliphatic rings. The van der Waals surface area contributed by atoms with E-state index >= 15 is 0 Å². The number of fused-ring (bicyclic) bond motifs is 3. The molecular formula is C35H31FN4O3S. The van der Waals surface area contributed by atoms with Crippen molar-refractivity contribution in [2.45, 2.75) is 19.9 Å². The van der Waals surface area contributed by atoms with Crippen molar-refractivity contribution in [2.24, 2.45) is 0 Å². The molecule has 0 saturated carbocycles. The van der Waals surface area contributed by atoms with Gasteiger partial charge in [0, 0.05) is 30.6 Å². The standard InChI is InChI=1S/C35H31FN4O3S/c1-22-9-6-13-27(36)32(22)38-34(41)30-20-24-17-18-40(29-15-5-4-12-26(29)33(24)44-30)35(42)28-14-8-16-31(37-28)39(2)21-23-10-7-11-25(19-23)43-3/h4-16,19-20H,17-18,21H2,1-3H3,(H,38,41). The summed E-state index contributed by atoms with van der Waals surface area (Å²) in [5.74, 6) is 0.439. The van der Waals surface area contributed by atoms with E-state index in [-0.39, 0.29) is 17.5 Å². The van der Waals surface area contributed by atoms with Crippen LogP contribution >= 0.6 is 11.3 Å². The molecule has 0 bridgehead atoms. The Bertz CT molecular complexity index is 1850. The summed E-state index contributed by atoms with van der Waals surface area (Å²) in [6.07, 6.45) is 0.549. The summed E-state index contributed by atoms with van der Waals surface area (Å²) < 4.78 is 19.7. The lowest BCUT2D eigenvalue weighted by Gasteiger charge is -2.24. The topological polar surface area (TPSA) is 74.8 Å². The minimum Gasteiger partial charge on any atom is -0.497 e. The summed E-state index contributed by atoms with van der Waals surface area (Å²) in [5.41, 5.74) is 4.84. The van der Waals surface area contributed by atoms with Crippen molar-refractivity contribution in [2.75, 3.05) is 35.8 Å². The number of nitrogens with zero attached hydrogens (tertiary/aromatic N) is 3. The van der Waals surface area contributed by atoms with Gasteiger partial charge in [-0.1, -0.05) is 48.5 Å². The molecular weight excluding hydrogens is 575 g/mol. The minimum atomic E-state index is -0.472. The fourth-order valence-corrected chi connectivity index (χ4v) is 6.54. The van der Waals surface area contributed by atoms with Gasteiger partial charge in [0.2, 0.25) is 0 Å². The van der Waals surface area contributed by atoms with E-state index in [0.29, 0.717) is 41.5 Å². The fraction of sp³-hybridized carbons (Fsp3) is 0.171. The zero-order chi connectivity index (χ0) is 30.8. The van der Waals surface area contributed by atoms with Crippen LogP contribution in [0.1, 0.15) is 36.9 Å². The van der Waals surface area contributed by atoms with Crippen LogP contribution in [0, 0.1) is 12.7 Å². The van der Waals surface area contributed by atoms with Crippen molar-refractivity contribution >= 4 is 40.3 Å². The summed E-state index contributed by atoms with van der Waals surface area (Å²) in [4.78, 5) is 37.1. The molecule has 0 unspecified atom stereocenters. The van der Waals surface area contributed by atoms with Crippen LogP contribution in [0.5, 0.6) is 5.75 Å². The number of amides is 2. The lowest BCUT2D eigenvalue weighted by atomic mass is 10.1. The van der Waals surface area contributed by atoms with Gasteiger partial charge in [0.15, 0.2) is 0 Å². The van der Waals surface area contributed by atoms with Crippen LogP contribution in [0.25, 0.3) is 10.4 Å². The first-order chi connectivity index (χ1) is 21.3. The zero-order valence-corrected chi connectivity index (χ0v) is 25.5. The summed E-state index contributed by atoms with van der Waals surface area (Å²) in [5, 5.41) is 2.74. The molecule has 44 heavy (non-hydrogen) atoms. The maximum atomic E-state index is 14.4. The van der Waals surface area contributed by atoms with Crippen LogP contribution in [0.15, 0.2) is 91.0 Å². The number of aryl methyl sites for hydroxylation is 1. The molecule has 1 N–H and O–H groups in total. The number of nitrogens with one attached hydrogen (secondary N) is 1. The number of methoxy groups -OCH3 is 1. The summed E-state index contributed by atoms with van der Waals surface area (Å²) in [7, 11) is 3.58. The van der Waals surface area contributed by atoms with Crippen molar-refractivity contribution < 1.29 is 18.7 Å². The summed E-state index contributed by atoms with van der Waals surface area (Å²) in [6.45, 7) is 2.77. The number of halogens is 1. The maximum absolute atomic E-state index is 14.4. The van der Waals surface area contributed by atoms with E-state index in [2.05, 4.69) is 5.32 Å². The summed E-state index contributed by atoms with van der Waals surface area (Å²) >= 11 is 1.35. The SMILES string of the molecule is COc1cccc(CN(C)c2cccc(C(=O)N3CCc4cc(C(=O)Nc5c(C)cccc5F)sc4-c4ccccc43)n2)c1. The van der Waals surface area contributed by atoms with Gasteiger partial charge in [-0.2, -0.15) is 0 Å². The second-order valence-corrected chi connectivity index (χ2v) is 11.7. The number of thiophene rings is 1. The molecule has 1 aliphatic heterocycles. The number of para-hydroxylation sites is 2. The van der Waals surface area contributed by atoms with Crippen molar-refractivity contribution in [1.29, 1.82) is 0 Å². The second kappa shape index (κ2) is 12.3. The number of pyridine rings is 1. The maximum Gasteiger partial charge on any atom is 0.276 e. The Morgan fingerprint density at radius 1 is 1.02 bits per heavy atom. The van der Waals surface area contributed by atoms with Gasteiger partial charge in [-0.05, 0) is 72.5 Å². The highest BCUT2D eigenvalue weighted by atomic mass is 32.1. The van der Waals surface area contributed by atoms with E-state index in [1.165, 1.54) is 17.4 Å². The molecule has 0 spiro atoms. The van der Waals surface area contributed by atoms with Crippen LogP contribution in [-0.4, -0.2) is 37.5 Å². The number of ether oxygens (including phenoxy) is 1. The smallest absolute Gasteiger partial charge is 0.276 e. The van der Waals surface area contributed by atoms with Gasteiger partial charge in [0.25, 0.3) is 11.8 Å². The van der Waals surface area contributed by atoms with Crippen LogP contribution in [-0.2, 0) is 13.0 Å². The second-order valence-electron chi connectivity index (χ2n) is 10.7. The largest absolute Gasteiger partial charge is 0.497 e. The molecule has 6 rings (SSSR count). The molecule has 3 heterocycles. The van der Waals surface area contributed by atoms with E-state index in [0.717, 1.165) is 33.0 Å². The number of aromatic nitrogens is 1. The first-order valence-corrected chi connectivity index (χ1v) is 15.1. The van der Waals surface area contributed by atoms with E-state index in [9.17, 15) is 14.0 Å². The van der Waals surface area contributed by atoms with Crippen LogP contribution in [0.4, 0.5) is 21.6 Å². The molecule has 222 valence electrons. The predicted octanol–water partition coefficient (Wildman–Crippen LogP) is 7.36. The van der Waals surface area contributed by atoms with Crippen molar-refractivity contribution in [1.82, 2.24) is 4.98 Å². The molecule has 3 aromatic carbocycles. The first-order valence-electron chi connectivity index (χ1n) is 14.2. The fourth-order valence-electron chi connectivity index (χ4n) is 5.40. The van der Waals surface area contributed by atoms with E-state index in [1.54, 1.807) is 37.1 Å². The van der Waals surface area contributed by atoms with E-state index < -0.39 is 5.82 Å². The van der Waals surface area contributed by atoms with Gasteiger partial charge in [-0.15, -0.1) is 11.3 Å². The van der Waals surface area contributed by atoms with Crippen LogP contribution in [0.3, 0.4) is 0 Å². The van der Waals surface area contributed by atoms with Gasteiger partial charge in [0.05, 0.1) is 23.4 Å². The van der Waals surface area contributed by atoms with Crippen molar-refractivity contribution in [3.8, 4) is 16.2 Å². The molecule has 0 fully saturated rings. The number of hydrogen-bond donors (Lipinski definition) is 1. The van der Waals surface area contributed by atoms with Gasteiger partial charge >= 0.3 is 0 Å². The van der Waals surface area contributed by atoms with Crippen LogP contribution < -0.4 is 19.9 Å². The molecule has 7 nitrogen and oxygen atoms in total. The number of benzene rings is 3. The molecule has 9 heteroatoms. The quantitative estimate of drug-likeness (QED) is 0.210. The average Bonchev–Trinajstić information content (AvgIpc) is 3.41. The lowest BCUT2D eigenvalue weighted by Crippen LogP contribution is -2.33. The molecule has 0 radical (unpaired) electrons. The van der Waals surface area contributed by atoms with Crippen LogP contribution in [0.2, 0.25) is 0 Å². The lowest BCUT2D eigenvalue weighted by molar-refractivity contribution is 0.0981. The van der Waals surface area contributed by atoms with E-state index in [1.807, 2.05) is 78.7 Å². The number of carbonyl (C=O) groups is 2. The Balaban J connectivity index is 1.25. The predicted molar refractivity (Wildman–Crippen MR) is 174 cm³/mol. The molecule has 2 aromatic heterocycles. The monoisotopic (exact) mass is 606 g/mol. The highest BCUT2D eigenvalue weighted by Crippen LogP contribution is 2.42.